The summed E-state index contributed by atoms with van der Waals surface area (Å²) in [5.74, 6) is 0. The fourth-order valence-corrected chi connectivity index (χ4v) is 7.46. The highest BCUT2D eigenvalue weighted by Gasteiger charge is 2.38. The van der Waals surface area contributed by atoms with Gasteiger partial charge in [0.05, 0.1) is 5.69 Å². The van der Waals surface area contributed by atoms with Crippen LogP contribution in [0, 0.1) is 0 Å². The monoisotopic (exact) mass is 577 g/mol. The largest absolute Gasteiger partial charge is 0.456 e. The maximum absolute atomic E-state index is 6.09. The summed E-state index contributed by atoms with van der Waals surface area (Å²) in [7, 11) is 0. The van der Waals surface area contributed by atoms with Gasteiger partial charge in [-0.25, -0.2) is 0 Å². The van der Waals surface area contributed by atoms with Crippen molar-refractivity contribution in [3.8, 4) is 22.3 Å². The molecular weight excluding hydrogens is 546 g/mol. The molecule has 9 rings (SSSR count). The van der Waals surface area contributed by atoms with E-state index in [9.17, 15) is 0 Å². The Morgan fingerprint density at radius 3 is 2.07 bits per heavy atom. The van der Waals surface area contributed by atoms with E-state index < -0.39 is 0 Å². The van der Waals surface area contributed by atoms with Crippen molar-refractivity contribution in [2.45, 2.75) is 19.3 Å². The maximum atomic E-state index is 6.09. The first kappa shape index (κ1) is 25.9. The summed E-state index contributed by atoms with van der Waals surface area (Å²) in [5, 5.41) is 4.76. The minimum atomic E-state index is -0.139. The van der Waals surface area contributed by atoms with Crippen LogP contribution in [0.15, 0.2) is 156 Å². The van der Waals surface area contributed by atoms with E-state index in [1.165, 1.54) is 49.8 Å². The van der Waals surface area contributed by atoms with Crippen LogP contribution in [-0.2, 0) is 5.41 Å². The van der Waals surface area contributed by atoms with E-state index in [-0.39, 0.29) is 5.41 Å². The molecule has 8 aromatic rings. The number of anilines is 3. The molecule has 1 aliphatic rings. The number of para-hydroxylation sites is 1. The van der Waals surface area contributed by atoms with E-state index in [1.807, 2.05) is 12.1 Å². The summed E-state index contributed by atoms with van der Waals surface area (Å²) < 4.78 is 6.09. The van der Waals surface area contributed by atoms with E-state index in [0.717, 1.165) is 33.3 Å². The van der Waals surface area contributed by atoms with Gasteiger partial charge >= 0.3 is 0 Å². The number of furan rings is 1. The second-order valence-electron chi connectivity index (χ2n) is 12.6. The number of rotatable bonds is 4. The third kappa shape index (κ3) is 3.96. The zero-order chi connectivity index (χ0) is 30.1. The summed E-state index contributed by atoms with van der Waals surface area (Å²) in [5.41, 5.74) is 12.9. The van der Waals surface area contributed by atoms with Gasteiger partial charge in [-0.3, -0.25) is 0 Å². The molecule has 0 N–H and O–H groups in total. The van der Waals surface area contributed by atoms with Gasteiger partial charge in [-0.1, -0.05) is 117 Å². The Labute approximate surface area is 262 Å². The van der Waals surface area contributed by atoms with Gasteiger partial charge in [0, 0.05) is 27.6 Å². The molecule has 0 atom stereocenters. The summed E-state index contributed by atoms with van der Waals surface area (Å²) in [4.78, 5) is 2.44. The molecule has 0 bridgehead atoms. The van der Waals surface area contributed by atoms with Crippen molar-refractivity contribution in [2.75, 3.05) is 4.90 Å². The smallest absolute Gasteiger partial charge is 0.135 e. The van der Waals surface area contributed by atoms with Crippen molar-refractivity contribution in [2.24, 2.45) is 0 Å². The molecule has 2 heteroatoms. The van der Waals surface area contributed by atoms with Crippen molar-refractivity contribution in [1.82, 2.24) is 0 Å². The topological polar surface area (TPSA) is 16.4 Å². The molecular formula is C43H31NO. The number of benzene rings is 7. The third-order valence-electron chi connectivity index (χ3n) is 9.63. The van der Waals surface area contributed by atoms with Crippen molar-refractivity contribution in [1.29, 1.82) is 0 Å². The first-order valence-electron chi connectivity index (χ1n) is 15.6. The molecule has 1 heterocycles. The van der Waals surface area contributed by atoms with Gasteiger partial charge in [0.25, 0.3) is 0 Å². The normalized spacial score (nSPS) is 13.3. The van der Waals surface area contributed by atoms with Crippen LogP contribution in [0.3, 0.4) is 0 Å². The van der Waals surface area contributed by atoms with Crippen molar-refractivity contribution in [3.63, 3.8) is 0 Å². The molecule has 0 saturated heterocycles. The van der Waals surface area contributed by atoms with Crippen LogP contribution >= 0.6 is 0 Å². The number of hydrogen-bond donors (Lipinski definition) is 0. The second-order valence-corrected chi connectivity index (χ2v) is 12.6. The van der Waals surface area contributed by atoms with E-state index >= 15 is 0 Å². The fraction of sp³-hybridized carbons (Fsp3) is 0.0698. The molecule has 0 fully saturated rings. The Morgan fingerprint density at radius 1 is 0.489 bits per heavy atom. The van der Waals surface area contributed by atoms with E-state index in [4.69, 9.17) is 4.42 Å². The van der Waals surface area contributed by atoms with Crippen LogP contribution < -0.4 is 4.90 Å². The Hall–Kier alpha value is -5.60. The minimum absolute atomic E-state index is 0.139. The third-order valence-corrected chi connectivity index (χ3v) is 9.63. The molecule has 1 aliphatic carbocycles. The first-order valence-corrected chi connectivity index (χ1v) is 15.6. The van der Waals surface area contributed by atoms with Crippen molar-refractivity contribution < 1.29 is 4.42 Å². The van der Waals surface area contributed by atoms with Gasteiger partial charge in [-0.05, 0) is 92.7 Å². The quantitative estimate of drug-likeness (QED) is 0.207. The zero-order valence-electron chi connectivity index (χ0n) is 25.3. The highest BCUT2D eigenvalue weighted by molar-refractivity contribution is 6.06. The van der Waals surface area contributed by atoms with Crippen LogP contribution in [0.4, 0.5) is 17.1 Å². The molecule has 45 heavy (non-hydrogen) atoms. The lowest BCUT2D eigenvalue weighted by Gasteiger charge is -2.32. The van der Waals surface area contributed by atoms with Gasteiger partial charge in [-0.2, -0.15) is 0 Å². The second kappa shape index (κ2) is 9.70. The predicted octanol–water partition coefficient (Wildman–Crippen LogP) is 12.2. The Morgan fingerprint density at radius 2 is 1.18 bits per heavy atom. The summed E-state index contributed by atoms with van der Waals surface area (Å²) >= 11 is 0. The number of nitrogens with zero attached hydrogens (tertiary/aromatic N) is 1. The van der Waals surface area contributed by atoms with Crippen LogP contribution in [0.5, 0.6) is 0 Å². The van der Waals surface area contributed by atoms with Crippen molar-refractivity contribution >= 4 is 49.8 Å². The van der Waals surface area contributed by atoms with E-state index in [1.54, 1.807) is 0 Å². The average Bonchev–Trinajstić information content (AvgIpc) is 3.57. The number of fused-ring (bicyclic) bond motifs is 7. The van der Waals surface area contributed by atoms with Crippen LogP contribution in [0.25, 0.3) is 55.0 Å². The number of hydrogen-bond acceptors (Lipinski definition) is 2. The maximum Gasteiger partial charge on any atom is 0.135 e. The van der Waals surface area contributed by atoms with Crippen molar-refractivity contribution in [3.05, 3.63) is 163 Å². The Bertz CT molecular complexity index is 2410. The molecule has 0 radical (unpaired) electrons. The molecule has 1 aromatic heterocycles. The van der Waals surface area contributed by atoms with Gasteiger partial charge in [0.2, 0.25) is 0 Å². The lowest BCUT2D eigenvalue weighted by Crippen LogP contribution is -2.20. The Kier molecular flexibility index (Phi) is 5.58. The van der Waals surface area contributed by atoms with E-state index in [0.29, 0.717) is 0 Å². The molecule has 7 aromatic carbocycles. The average molecular weight is 578 g/mol. The summed E-state index contributed by atoms with van der Waals surface area (Å²) in [6.45, 7) is 4.72. The highest BCUT2D eigenvalue weighted by Crippen LogP contribution is 2.54. The molecule has 0 amide bonds. The molecule has 0 aliphatic heterocycles. The summed E-state index contributed by atoms with van der Waals surface area (Å²) in [6.07, 6.45) is 0. The van der Waals surface area contributed by atoms with Gasteiger partial charge in [-0.15, -0.1) is 0 Å². The van der Waals surface area contributed by atoms with Gasteiger partial charge in [0.15, 0.2) is 0 Å². The summed E-state index contributed by atoms with van der Waals surface area (Å²) in [6, 6.07) is 54.8. The van der Waals surface area contributed by atoms with E-state index in [2.05, 4.69) is 158 Å². The molecule has 0 saturated carbocycles. The molecule has 0 spiro atoms. The van der Waals surface area contributed by atoms with Gasteiger partial charge in [0.1, 0.15) is 11.2 Å². The predicted molar refractivity (Wildman–Crippen MR) is 189 cm³/mol. The SMILES string of the molecule is CC1(C)c2ccccc2-c2cccc(N(c3ccc(-c4ccc5oc6ccccc6c5c4)cc3)c3ccc4ccccc4c3)c21. The molecule has 214 valence electrons. The standard InChI is InChI=1S/C43H31NO/c1-43(2)38-15-7-5-12-34(38)36-14-9-16-39(42(36)43)44(33-24-20-28-10-3-4-11-30(28)26-33)32-22-18-29(19-23-32)31-21-25-41-37(27-31)35-13-6-8-17-40(35)45-41/h3-27H,1-2H3. The molecule has 0 unspecified atom stereocenters. The fourth-order valence-electron chi connectivity index (χ4n) is 7.46. The van der Waals surface area contributed by atoms with Gasteiger partial charge < -0.3 is 9.32 Å². The van der Waals surface area contributed by atoms with Crippen LogP contribution in [0.2, 0.25) is 0 Å². The molecule has 2 nitrogen and oxygen atoms in total. The lowest BCUT2D eigenvalue weighted by atomic mass is 9.81. The van der Waals surface area contributed by atoms with Crippen LogP contribution in [-0.4, -0.2) is 0 Å². The minimum Gasteiger partial charge on any atom is -0.456 e. The lowest BCUT2D eigenvalue weighted by molar-refractivity contribution is 0.661. The highest BCUT2D eigenvalue weighted by atomic mass is 16.3. The zero-order valence-corrected chi connectivity index (χ0v) is 25.3. The van der Waals surface area contributed by atoms with Crippen LogP contribution in [0.1, 0.15) is 25.0 Å². The first-order chi connectivity index (χ1) is 22.1. The Balaban J connectivity index is 1.21.